The lowest BCUT2D eigenvalue weighted by atomic mass is 9.86. The summed E-state index contributed by atoms with van der Waals surface area (Å²) in [5.74, 6) is 0.722. The van der Waals surface area contributed by atoms with Crippen LogP contribution >= 0.6 is 0 Å². The Bertz CT molecular complexity index is 864. The fourth-order valence-electron chi connectivity index (χ4n) is 3.07. The van der Waals surface area contributed by atoms with E-state index in [1.807, 2.05) is 36.4 Å². The number of aliphatic hydroxyl groups is 1. The Morgan fingerprint density at radius 2 is 2.12 bits per heavy atom. The molecule has 0 atom stereocenters. The van der Waals surface area contributed by atoms with E-state index in [0.717, 1.165) is 35.6 Å². The maximum absolute atomic E-state index is 9.28. The van der Waals surface area contributed by atoms with Gasteiger partial charge >= 0.3 is 0 Å². The third-order valence-electron chi connectivity index (χ3n) is 4.53. The predicted molar refractivity (Wildman–Crippen MR) is 92.1 cm³/mol. The van der Waals surface area contributed by atoms with E-state index < -0.39 is 0 Å². The molecule has 3 aromatic rings. The lowest BCUT2D eigenvalue weighted by Crippen LogP contribution is -2.42. The minimum atomic E-state index is -0.0461. The molecule has 2 N–H and O–H groups in total. The van der Waals surface area contributed by atoms with Crippen molar-refractivity contribution in [2.24, 2.45) is 0 Å². The largest absolute Gasteiger partial charge is 0.390 e. The minimum Gasteiger partial charge on any atom is -0.390 e. The zero-order valence-electron chi connectivity index (χ0n) is 13.7. The third kappa shape index (κ3) is 3.06. The zero-order valence-corrected chi connectivity index (χ0v) is 13.7. The first-order chi connectivity index (χ1) is 12.2. The maximum Gasteiger partial charge on any atom is 0.167 e. The van der Waals surface area contributed by atoms with Gasteiger partial charge in [-0.2, -0.15) is 0 Å². The topological polar surface area (TPSA) is 89.0 Å². The number of aromatic nitrogens is 4. The molecule has 2 heterocycles. The van der Waals surface area contributed by atoms with Gasteiger partial charge in [-0.1, -0.05) is 47.3 Å². The van der Waals surface area contributed by atoms with Crippen molar-refractivity contribution in [3.05, 3.63) is 60.6 Å². The molecular formula is C18H19N5O2. The SMILES string of the molecule is C=C(N[C@H]1C[C@H](n2nncc2CO)C1)c1cc(-c2ccccc2)on1. The molecular weight excluding hydrogens is 318 g/mol. The maximum atomic E-state index is 9.28. The first-order valence-corrected chi connectivity index (χ1v) is 8.22. The van der Waals surface area contributed by atoms with Gasteiger partial charge in [0, 0.05) is 17.7 Å². The first-order valence-electron chi connectivity index (χ1n) is 8.22. The molecule has 0 saturated heterocycles. The number of aliphatic hydroxyl groups excluding tert-OH is 1. The highest BCUT2D eigenvalue weighted by Crippen LogP contribution is 2.33. The van der Waals surface area contributed by atoms with E-state index in [1.54, 1.807) is 10.9 Å². The van der Waals surface area contributed by atoms with E-state index >= 15 is 0 Å². The van der Waals surface area contributed by atoms with Gasteiger partial charge in [0.1, 0.15) is 5.69 Å². The molecule has 4 rings (SSSR count). The second-order valence-electron chi connectivity index (χ2n) is 6.22. The van der Waals surface area contributed by atoms with Crippen molar-refractivity contribution < 1.29 is 9.63 Å². The molecule has 0 radical (unpaired) electrons. The molecule has 2 aromatic heterocycles. The fraction of sp³-hybridized carbons (Fsp3) is 0.278. The Hall–Kier alpha value is -2.93. The molecule has 7 nitrogen and oxygen atoms in total. The second-order valence-corrected chi connectivity index (χ2v) is 6.22. The van der Waals surface area contributed by atoms with Crippen LogP contribution in [-0.4, -0.2) is 31.3 Å². The third-order valence-corrected chi connectivity index (χ3v) is 4.53. The van der Waals surface area contributed by atoms with Crippen molar-refractivity contribution in [2.75, 3.05) is 0 Å². The number of nitrogens with one attached hydrogen (secondary N) is 1. The molecule has 7 heteroatoms. The molecule has 128 valence electrons. The van der Waals surface area contributed by atoms with Gasteiger partial charge < -0.3 is 14.9 Å². The van der Waals surface area contributed by atoms with Crippen LogP contribution < -0.4 is 5.32 Å². The quantitative estimate of drug-likeness (QED) is 0.718. The van der Waals surface area contributed by atoms with Crippen LogP contribution in [-0.2, 0) is 6.61 Å². The molecule has 1 saturated carbocycles. The zero-order chi connectivity index (χ0) is 17.2. The van der Waals surface area contributed by atoms with Crippen molar-refractivity contribution in [3.63, 3.8) is 0 Å². The van der Waals surface area contributed by atoms with E-state index in [-0.39, 0.29) is 12.6 Å². The highest BCUT2D eigenvalue weighted by molar-refractivity contribution is 5.65. The van der Waals surface area contributed by atoms with Gasteiger partial charge in [-0.3, -0.25) is 0 Å². The van der Waals surface area contributed by atoms with Gasteiger partial charge in [-0.15, -0.1) is 5.10 Å². The first kappa shape index (κ1) is 15.6. The normalized spacial score (nSPS) is 19.4. The van der Waals surface area contributed by atoms with E-state index in [0.29, 0.717) is 11.7 Å². The second kappa shape index (κ2) is 6.52. The van der Waals surface area contributed by atoms with Crippen molar-refractivity contribution in [3.8, 4) is 11.3 Å². The van der Waals surface area contributed by atoms with Crippen LogP contribution in [0.4, 0.5) is 0 Å². The number of rotatable bonds is 6. The van der Waals surface area contributed by atoms with Gasteiger partial charge in [0.2, 0.25) is 0 Å². The molecule has 1 aliphatic carbocycles. The summed E-state index contributed by atoms with van der Waals surface area (Å²) in [6.07, 6.45) is 3.40. The van der Waals surface area contributed by atoms with Crippen molar-refractivity contribution >= 4 is 5.70 Å². The van der Waals surface area contributed by atoms with Crippen molar-refractivity contribution in [1.29, 1.82) is 0 Å². The van der Waals surface area contributed by atoms with E-state index in [1.165, 1.54) is 0 Å². The lowest BCUT2D eigenvalue weighted by molar-refractivity contribution is 0.200. The van der Waals surface area contributed by atoms with Crippen LogP contribution in [0, 0.1) is 0 Å². The summed E-state index contributed by atoms with van der Waals surface area (Å²) in [5.41, 5.74) is 3.18. The van der Waals surface area contributed by atoms with Crippen LogP contribution in [0.2, 0.25) is 0 Å². The molecule has 0 unspecified atom stereocenters. The van der Waals surface area contributed by atoms with Crippen molar-refractivity contribution in [2.45, 2.75) is 31.5 Å². The summed E-state index contributed by atoms with van der Waals surface area (Å²) < 4.78 is 7.21. The Labute approximate surface area is 145 Å². The molecule has 0 bridgehead atoms. The van der Waals surface area contributed by atoms with E-state index in [9.17, 15) is 5.11 Å². The summed E-state index contributed by atoms with van der Waals surface area (Å²) in [6.45, 7) is 4.02. The average molecular weight is 337 g/mol. The van der Waals surface area contributed by atoms with Crippen LogP contribution in [0.1, 0.15) is 30.3 Å². The van der Waals surface area contributed by atoms with Crippen LogP contribution in [0.15, 0.2) is 53.7 Å². The average Bonchev–Trinajstić information content (AvgIpc) is 3.27. The molecule has 0 amide bonds. The highest BCUT2D eigenvalue weighted by atomic mass is 16.5. The predicted octanol–water partition coefficient (Wildman–Crippen LogP) is 2.39. The molecule has 25 heavy (non-hydrogen) atoms. The highest BCUT2D eigenvalue weighted by Gasteiger charge is 2.33. The molecule has 1 fully saturated rings. The molecule has 0 aliphatic heterocycles. The number of nitrogens with zero attached hydrogens (tertiary/aromatic N) is 4. The molecule has 1 aromatic carbocycles. The molecule has 0 spiro atoms. The summed E-state index contributed by atoms with van der Waals surface area (Å²) in [4.78, 5) is 0. The fourth-order valence-corrected chi connectivity index (χ4v) is 3.07. The lowest BCUT2D eigenvalue weighted by Gasteiger charge is -2.37. The summed E-state index contributed by atoms with van der Waals surface area (Å²) in [7, 11) is 0. The smallest absolute Gasteiger partial charge is 0.167 e. The Morgan fingerprint density at radius 3 is 2.88 bits per heavy atom. The van der Waals surface area contributed by atoms with E-state index in [4.69, 9.17) is 4.52 Å². The van der Waals surface area contributed by atoms with E-state index in [2.05, 4.69) is 27.4 Å². The molecule has 1 aliphatic rings. The van der Waals surface area contributed by atoms with Gasteiger partial charge in [-0.25, -0.2) is 4.68 Å². The number of benzene rings is 1. The number of hydrogen-bond acceptors (Lipinski definition) is 6. The van der Waals surface area contributed by atoms with Gasteiger partial charge in [0.05, 0.1) is 30.2 Å². The van der Waals surface area contributed by atoms with Crippen LogP contribution in [0.25, 0.3) is 17.0 Å². The standard InChI is InChI=1S/C18H19N5O2/c1-12(17-9-18(25-21-17)13-5-3-2-4-6-13)20-14-7-15(8-14)23-16(11-24)10-19-22-23/h2-6,9-10,14-15,20,24H,1,7-8,11H2/t14-,15-. The summed E-state index contributed by atoms with van der Waals surface area (Å²) in [5, 5.41) is 24.7. The minimum absolute atomic E-state index is 0.0461. The Kier molecular flexibility index (Phi) is 4.07. The van der Waals surface area contributed by atoms with Gasteiger partial charge in [0.25, 0.3) is 0 Å². The number of hydrogen-bond donors (Lipinski definition) is 2. The Morgan fingerprint density at radius 1 is 1.32 bits per heavy atom. The van der Waals surface area contributed by atoms with Gasteiger partial charge in [-0.05, 0) is 12.8 Å². The van der Waals surface area contributed by atoms with Crippen molar-refractivity contribution in [1.82, 2.24) is 25.5 Å². The summed E-state index contributed by atoms with van der Waals surface area (Å²) in [6, 6.07) is 12.3. The Balaban J connectivity index is 1.35. The van der Waals surface area contributed by atoms with Crippen LogP contribution in [0.3, 0.4) is 0 Å². The monoisotopic (exact) mass is 337 g/mol. The summed E-state index contributed by atoms with van der Waals surface area (Å²) >= 11 is 0. The van der Waals surface area contributed by atoms with Crippen LogP contribution in [0.5, 0.6) is 0 Å². The van der Waals surface area contributed by atoms with Gasteiger partial charge in [0.15, 0.2) is 5.76 Å².